The van der Waals surface area contributed by atoms with E-state index in [2.05, 4.69) is 15.2 Å². The van der Waals surface area contributed by atoms with Gasteiger partial charge in [-0.05, 0) is 35.9 Å². The molecule has 1 aromatic carbocycles. The molecule has 0 N–H and O–H groups in total. The molecular weight excluding hydrogens is 322 g/mol. The van der Waals surface area contributed by atoms with E-state index in [9.17, 15) is 0 Å². The van der Waals surface area contributed by atoms with Gasteiger partial charge < -0.3 is 9.47 Å². The van der Waals surface area contributed by atoms with Crippen molar-refractivity contribution in [2.75, 3.05) is 14.2 Å². The van der Waals surface area contributed by atoms with Crippen LogP contribution in [0.25, 0.3) is 11.3 Å². The van der Waals surface area contributed by atoms with Crippen molar-refractivity contribution >= 4 is 11.8 Å². The summed E-state index contributed by atoms with van der Waals surface area (Å²) in [5, 5.41) is 9.48. The summed E-state index contributed by atoms with van der Waals surface area (Å²) in [6.07, 6.45) is 3.63. The van der Waals surface area contributed by atoms with Crippen LogP contribution in [-0.4, -0.2) is 29.4 Å². The topological polar surface area (TPSA) is 57.1 Å². The lowest BCUT2D eigenvalue weighted by molar-refractivity contribution is 0.395. The molecule has 2 heterocycles. The average molecular weight is 339 g/mol. The highest BCUT2D eigenvalue weighted by Gasteiger charge is 2.09. The van der Waals surface area contributed by atoms with E-state index in [0.717, 1.165) is 33.3 Å². The molecule has 0 bridgehead atoms. The highest BCUT2D eigenvalue weighted by Crippen LogP contribution is 2.32. The third kappa shape index (κ3) is 3.83. The van der Waals surface area contributed by atoms with Gasteiger partial charge in [-0.1, -0.05) is 17.8 Å². The van der Waals surface area contributed by atoms with Crippen molar-refractivity contribution in [2.45, 2.75) is 10.8 Å². The molecule has 3 aromatic rings. The summed E-state index contributed by atoms with van der Waals surface area (Å²) in [6.45, 7) is 0. The van der Waals surface area contributed by atoms with Gasteiger partial charge in [0.05, 0.1) is 19.9 Å². The Labute approximate surface area is 145 Å². The van der Waals surface area contributed by atoms with E-state index in [1.165, 1.54) is 0 Å². The normalized spacial score (nSPS) is 10.4. The monoisotopic (exact) mass is 339 g/mol. The zero-order valence-corrected chi connectivity index (χ0v) is 14.3. The van der Waals surface area contributed by atoms with Gasteiger partial charge in [0, 0.05) is 29.8 Å². The van der Waals surface area contributed by atoms with Gasteiger partial charge in [-0.25, -0.2) is 0 Å². The molecule has 0 aliphatic rings. The summed E-state index contributed by atoms with van der Waals surface area (Å²) in [5.41, 5.74) is 2.81. The van der Waals surface area contributed by atoms with Crippen LogP contribution in [0.5, 0.6) is 11.5 Å². The lowest BCUT2D eigenvalue weighted by Crippen LogP contribution is -1.94. The van der Waals surface area contributed by atoms with Gasteiger partial charge in [-0.15, -0.1) is 10.2 Å². The molecule has 0 spiro atoms. The highest BCUT2D eigenvalue weighted by atomic mass is 32.2. The van der Waals surface area contributed by atoms with E-state index in [-0.39, 0.29) is 0 Å². The number of benzene rings is 1. The van der Waals surface area contributed by atoms with Gasteiger partial charge in [0.1, 0.15) is 16.5 Å². The van der Waals surface area contributed by atoms with Crippen LogP contribution in [0.15, 0.2) is 59.9 Å². The molecule has 3 rings (SSSR count). The average Bonchev–Trinajstić information content (AvgIpc) is 2.67. The first-order chi connectivity index (χ1) is 11.8. The number of ether oxygens (including phenoxy) is 2. The molecule has 0 saturated heterocycles. The van der Waals surface area contributed by atoms with Crippen LogP contribution in [0.2, 0.25) is 0 Å². The van der Waals surface area contributed by atoms with Crippen molar-refractivity contribution in [3.8, 4) is 22.8 Å². The molecule has 0 saturated carbocycles. The standard InChI is InChI=1S/C18H17N3O2S/c1-22-14-5-6-15(17(10-14)23-2)16-7-8-18(21-20-16)24-12-13-4-3-9-19-11-13/h3-11H,12H2,1-2H3. The first kappa shape index (κ1) is 16.3. The number of aromatic nitrogens is 3. The van der Waals surface area contributed by atoms with E-state index in [1.54, 1.807) is 32.2 Å². The van der Waals surface area contributed by atoms with Crippen LogP contribution >= 0.6 is 11.8 Å². The first-order valence-corrected chi connectivity index (χ1v) is 8.36. The Morgan fingerprint density at radius 1 is 1.00 bits per heavy atom. The molecular formula is C18H17N3O2S. The minimum absolute atomic E-state index is 0.708. The molecule has 2 aromatic heterocycles. The number of rotatable bonds is 6. The predicted octanol–water partition coefficient (Wildman–Crippen LogP) is 3.85. The fraction of sp³-hybridized carbons (Fsp3) is 0.167. The molecule has 0 radical (unpaired) electrons. The van der Waals surface area contributed by atoms with Crippen molar-refractivity contribution in [3.05, 3.63) is 60.4 Å². The van der Waals surface area contributed by atoms with E-state index in [1.807, 2.05) is 48.7 Å². The molecule has 6 heteroatoms. The summed E-state index contributed by atoms with van der Waals surface area (Å²) >= 11 is 1.63. The minimum Gasteiger partial charge on any atom is -0.497 e. The van der Waals surface area contributed by atoms with Crippen LogP contribution in [0.1, 0.15) is 5.56 Å². The Kier molecular flexibility index (Phi) is 5.28. The Morgan fingerprint density at radius 2 is 1.92 bits per heavy atom. The summed E-state index contributed by atoms with van der Waals surface area (Å²) < 4.78 is 10.6. The molecule has 0 aliphatic carbocycles. The van der Waals surface area contributed by atoms with Crippen molar-refractivity contribution in [2.24, 2.45) is 0 Å². The Bertz CT molecular complexity index is 795. The summed E-state index contributed by atoms with van der Waals surface area (Å²) in [7, 11) is 3.26. The van der Waals surface area contributed by atoms with Gasteiger partial charge >= 0.3 is 0 Å². The molecule has 0 fully saturated rings. The van der Waals surface area contributed by atoms with E-state index in [4.69, 9.17) is 9.47 Å². The maximum absolute atomic E-state index is 5.42. The summed E-state index contributed by atoms with van der Waals surface area (Å²) in [4.78, 5) is 4.11. The van der Waals surface area contributed by atoms with Crippen LogP contribution in [0.3, 0.4) is 0 Å². The van der Waals surface area contributed by atoms with Crippen molar-refractivity contribution in [3.63, 3.8) is 0 Å². The van der Waals surface area contributed by atoms with Crippen molar-refractivity contribution < 1.29 is 9.47 Å². The molecule has 5 nitrogen and oxygen atoms in total. The molecule has 122 valence electrons. The van der Waals surface area contributed by atoms with E-state index in [0.29, 0.717) is 5.75 Å². The van der Waals surface area contributed by atoms with Gasteiger partial charge in [0.15, 0.2) is 0 Å². The maximum atomic E-state index is 5.42. The lowest BCUT2D eigenvalue weighted by atomic mass is 10.1. The Hall–Kier alpha value is -2.60. The van der Waals surface area contributed by atoms with Gasteiger partial charge in [-0.2, -0.15) is 0 Å². The SMILES string of the molecule is COc1ccc(-c2ccc(SCc3cccnc3)nn2)c(OC)c1. The predicted molar refractivity (Wildman–Crippen MR) is 94.4 cm³/mol. The van der Waals surface area contributed by atoms with Gasteiger partial charge in [0.2, 0.25) is 0 Å². The zero-order chi connectivity index (χ0) is 16.8. The van der Waals surface area contributed by atoms with Crippen molar-refractivity contribution in [1.82, 2.24) is 15.2 Å². The third-order valence-electron chi connectivity index (χ3n) is 3.43. The molecule has 0 atom stereocenters. The van der Waals surface area contributed by atoms with Crippen LogP contribution < -0.4 is 9.47 Å². The van der Waals surface area contributed by atoms with E-state index < -0.39 is 0 Å². The molecule has 0 amide bonds. The number of nitrogens with zero attached hydrogens (tertiary/aromatic N) is 3. The smallest absolute Gasteiger partial charge is 0.132 e. The lowest BCUT2D eigenvalue weighted by Gasteiger charge is -2.09. The number of thioether (sulfide) groups is 1. The number of hydrogen-bond donors (Lipinski definition) is 0. The van der Waals surface area contributed by atoms with Gasteiger partial charge in [-0.3, -0.25) is 4.98 Å². The van der Waals surface area contributed by atoms with Crippen LogP contribution in [0.4, 0.5) is 0 Å². The molecule has 24 heavy (non-hydrogen) atoms. The van der Waals surface area contributed by atoms with Gasteiger partial charge in [0.25, 0.3) is 0 Å². The van der Waals surface area contributed by atoms with Crippen LogP contribution in [0, 0.1) is 0 Å². The second-order valence-electron chi connectivity index (χ2n) is 4.97. The highest BCUT2D eigenvalue weighted by molar-refractivity contribution is 7.98. The number of pyridine rings is 1. The maximum Gasteiger partial charge on any atom is 0.132 e. The second-order valence-corrected chi connectivity index (χ2v) is 5.97. The third-order valence-corrected chi connectivity index (χ3v) is 4.43. The molecule has 0 aliphatic heterocycles. The second kappa shape index (κ2) is 7.79. The summed E-state index contributed by atoms with van der Waals surface area (Å²) in [6, 6.07) is 13.5. The largest absolute Gasteiger partial charge is 0.497 e. The minimum atomic E-state index is 0.708. The number of methoxy groups -OCH3 is 2. The number of hydrogen-bond acceptors (Lipinski definition) is 6. The first-order valence-electron chi connectivity index (χ1n) is 7.38. The Balaban J connectivity index is 1.75. The van der Waals surface area contributed by atoms with Crippen molar-refractivity contribution in [1.29, 1.82) is 0 Å². The summed E-state index contributed by atoms with van der Waals surface area (Å²) in [5.74, 6) is 2.26. The molecule has 0 unspecified atom stereocenters. The zero-order valence-electron chi connectivity index (χ0n) is 13.5. The Morgan fingerprint density at radius 3 is 2.58 bits per heavy atom. The van der Waals surface area contributed by atoms with Crippen LogP contribution in [-0.2, 0) is 5.75 Å². The van der Waals surface area contributed by atoms with E-state index >= 15 is 0 Å². The quantitative estimate of drug-likeness (QED) is 0.636. The fourth-order valence-electron chi connectivity index (χ4n) is 2.19. The fourth-order valence-corrected chi connectivity index (χ4v) is 2.94.